The van der Waals surface area contributed by atoms with Crippen molar-refractivity contribution in [2.24, 2.45) is 5.92 Å². The molecule has 1 heterocycles. The van der Waals surface area contributed by atoms with Crippen molar-refractivity contribution >= 4 is 0 Å². The van der Waals surface area contributed by atoms with Crippen molar-refractivity contribution in [2.45, 2.75) is 58.1 Å². The van der Waals surface area contributed by atoms with Gasteiger partial charge >= 0.3 is 0 Å². The van der Waals surface area contributed by atoms with Gasteiger partial charge in [-0.25, -0.2) is 0 Å². The van der Waals surface area contributed by atoms with Gasteiger partial charge in [-0.15, -0.1) is 0 Å². The van der Waals surface area contributed by atoms with E-state index in [-0.39, 0.29) is 5.54 Å². The molecule has 0 spiro atoms. The maximum atomic E-state index is 6.04. The van der Waals surface area contributed by atoms with Gasteiger partial charge in [0.05, 0.1) is 6.10 Å². The third-order valence-corrected chi connectivity index (χ3v) is 4.03. The van der Waals surface area contributed by atoms with E-state index in [9.17, 15) is 0 Å². The summed E-state index contributed by atoms with van der Waals surface area (Å²) in [4.78, 5) is 0. The molecule has 2 rings (SSSR count). The van der Waals surface area contributed by atoms with Crippen LogP contribution in [0.2, 0.25) is 0 Å². The van der Waals surface area contributed by atoms with E-state index in [1.807, 2.05) is 0 Å². The highest BCUT2D eigenvalue weighted by atomic mass is 16.5. The molecule has 1 aliphatic rings. The molecule has 0 aliphatic carbocycles. The smallest absolute Gasteiger partial charge is 0.0618 e. The summed E-state index contributed by atoms with van der Waals surface area (Å²) in [7, 11) is 0. The SMILES string of the molecule is CC(C)(C)NCC1CCCOC1CCc1ccccc1. The molecule has 1 aromatic carbocycles. The number of aryl methyl sites for hydroxylation is 1. The number of hydrogen-bond acceptors (Lipinski definition) is 2. The lowest BCUT2D eigenvalue weighted by atomic mass is 9.89. The summed E-state index contributed by atoms with van der Waals surface area (Å²) in [5.74, 6) is 0.659. The first-order valence-corrected chi connectivity index (χ1v) is 7.95. The second-order valence-electron chi connectivity index (χ2n) is 6.97. The van der Waals surface area contributed by atoms with Gasteiger partial charge in [-0.3, -0.25) is 0 Å². The Hall–Kier alpha value is -0.860. The van der Waals surface area contributed by atoms with Crippen molar-refractivity contribution in [3.63, 3.8) is 0 Å². The van der Waals surface area contributed by atoms with E-state index in [0.29, 0.717) is 12.0 Å². The van der Waals surface area contributed by atoms with Crippen LogP contribution in [0.5, 0.6) is 0 Å². The lowest BCUT2D eigenvalue weighted by Crippen LogP contribution is -2.44. The monoisotopic (exact) mass is 275 g/mol. The summed E-state index contributed by atoms with van der Waals surface area (Å²) in [6.45, 7) is 8.70. The Bertz CT molecular complexity index is 382. The van der Waals surface area contributed by atoms with E-state index in [2.05, 4.69) is 56.4 Å². The molecule has 2 atom stereocenters. The number of rotatable bonds is 5. The van der Waals surface area contributed by atoms with E-state index in [4.69, 9.17) is 4.74 Å². The molecule has 20 heavy (non-hydrogen) atoms. The van der Waals surface area contributed by atoms with Gasteiger partial charge in [-0.05, 0) is 57.9 Å². The molecule has 2 heteroatoms. The summed E-state index contributed by atoms with van der Waals surface area (Å²) in [5, 5.41) is 3.64. The normalized spacial score (nSPS) is 23.8. The Kier molecular flexibility index (Phi) is 5.62. The van der Waals surface area contributed by atoms with Gasteiger partial charge in [0, 0.05) is 18.7 Å². The number of hydrogen-bond donors (Lipinski definition) is 1. The number of nitrogens with one attached hydrogen (secondary N) is 1. The first kappa shape index (κ1) is 15.5. The molecule has 2 nitrogen and oxygen atoms in total. The van der Waals surface area contributed by atoms with E-state index >= 15 is 0 Å². The van der Waals surface area contributed by atoms with Crippen molar-refractivity contribution in [1.82, 2.24) is 5.32 Å². The van der Waals surface area contributed by atoms with Gasteiger partial charge in [0.2, 0.25) is 0 Å². The first-order chi connectivity index (χ1) is 9.54. The highest BCUT2D eigenvalue weighted by molar-refractivity contribution is 5.14. The van der Waals surface area contributed by atoms with E-state index < -0.39 is 0 Å². The molecular weight excluding hydrogens is 246 g/mol. The predicted molar refractivity (Wildman–Crippen MR) is 85.0 cm³/mol. The maximum absolute atomic E-state index is 6.04. The number of benzene rings is 1. The molecule has 1 aromatic rings. The fourth-order valence-corrected chi connectivity index (χ4v) is 2.85. The van der Waals surface area contributed by atoms with Gasteiger partial charge in [-0.1, -0.05) is 30.3 Å². The second kappa shape index (κ2) is 7.24. The van der Waals surface area contributed by atoms with Gasteiger partial charge in [0.25, 0.3) is 0 Å². The summed E-state index contributed by atoms with van der Waals surface area (Å²) < 4.78 is 6.04. The number of ether oxygens (including phenoxy) is 1. The minimum Gasteiger partial charge on any atom is -0.378 e. The molecule has 0 bridgehead atoms. The molecule has 1 saturated heterocycles. The molecule has 0 aromatic heterocycles. The Labute approximate surface area is 123 Å². The van der Waals surface area contributed by atoms with Crippen LogP contribution in [0.3, 0.4) is 0 Å². The van der Waals surface area contributed by atoms with Crippen LogP contribution in [0.1, 0.15) is 45.6 Å². The molecular formula is C18H29NO. The predicted octanol–water partition coefficient (Wildman–Crippen LogP) is 3.80. The van der Waals surface area contributed by atoms with Gasteiger partial charge in [0.1, 0.15) is 0 Å². The Balaban J connectivity index is 1.83. The van der Waals surface area contributed by atoms with Crippen molar-refractivity contribution in [1.29, 1.82) is 0 Å². The molecule has 1 aliphatic heterocycles. The molecule has 0 saturated carbocycles. The zero-order chi connectivity index (χ0) is 14.4. The Morgan fingerprint density at radius 3 is 2.65 bits per heavy atom. The fraction of sp³-hybridized carbons (Fsp3) is 0.667. The molecule has 0 amide bonds. The second-order valence-corrected chi connectivity index (χ2v) is 6.97. The minimum absolute atomic E-state index is 0.196. The highest BCUT2D eigenvalue weighted by Gasteiger charge is 2.26. The lowest BCUT2D eigenvalue weighted by Gasteiger charge is -2.34. The largest absolute Gasteiger partial charge is 0.378 e. The average molecular weight is 275 g/mol. The summed E-state index contributed by atoms with van der Waals surface area (Å²) in [6.07, 6.45) is 5.18. The first-order valence-electron chi connectivity index (χ1n) is 7.95. The third-order valence-electron chi connectivity index (χ3n) is 4.03. The highest BCUT2D eigenvalue weighted by Crippen LogP contribution is 2.24. The van der Waals surface area contributed by atoms with Gasteiger partial charge in [-0.2, -0.15) is 0 Å². The van der Waals surface area contributed by atoms with Gasteiger partial charge in [0.15, 0.2) is 0 Å². The van der Waals surface area contributed by atoms with E-state index in [1.165, 1.54) is 18.4 Å². The van der Waals surface area contributed by atoms with Crippen LogP contribution in [0.4, 0.5) is 0 Å². The Morgan fingerprint density at radius 2 is 1.95 bits per heavy atom. The lowest BCUT2D eigenvalue weighted by molar-refractivity contribution is -0.0313. The topological polar surface area (TPSA) is 21.3 Å². The van der Waals surface area contributed by atoms with Crippen molar-refractivity contribution in [3.8, 4) is 0 Å². The zero-order valence-electron chi connectivity index (χ0n) is 13.2. The summed E-state index contributed by atoms with van der Waals surface area (Å²) in [5.41, 5.74) is 1.62. The minimum atomic E-state index is 0.196. The average Bonchev–Trinajstić information content (AvgIpc) is 2.44. The summed E-state index contributed by atoms with van der Waals surface area (Å²) >= 11 is 0. The zero-order valence-corrected chi connectivity index (χ0v) is 13.2. The summed E-state index contributed by atoms with van der Waals surface area (Å²) in [6, 6.07) is 10.7. The van der Waals surface area contributed by atoms with Crippen molar-refractivity contribution < 1.29 is 4.74 Å². The molecule has 1 fully saturated rings. The van der Waals surface area contributed by atoms with Crippen LogP contribution in [-0.4, -0.2) is 24.8 Å². The Morgan fingerprint density at radius 1 is 1.20 bits per heavy atom. The molecule has 112 valence electrons. The molecule has 1 N–H and O–H groups in total. The quantitative estimate of drug-likeness (QED) is 0.882. The van der Waals surface area contributed by atoms with Crippen LogP contribution in [0.15, 0.2) is 30.3 Å². The van der Waals surface area contributed by atoms with Crippen LogP contribution < -0.4 is 5.32 Å². The third kappa shape index (κ3) is 5.26. The molecule has 0 radical (unpaired) electrons. The van der Waals surface area contributed by atoms with Crippen molar-refractivity contribution in [3.05, 3.63) is 35.9 Å². The van der Waals surface area contributed by atoms with E-state index in [1.54, 1.807) is 0 Å². The van der Waals surface area contributed by atoms with Crippen LogP contribution in [-0.2, 0) is 11.2 Å². The van der Waals surface area contributed by atoms with Crippen LogP contribution in [0.25, 0.3) is 0 Å². The van der Waals surface area contributed by atoms with E-state index in [0.717, 1.165) is 26.0 Å². The van der Waals surface area contributed by atoms with Crippen molar-refractivity contribution in [2.75, 3.05) is 13.2 Å². The standard InChI is InChI=1S/C18H29NO/c1-18(2,3)19-14-16-10-7-13-20-17(16)12-11-15-8-5-4-6-9-15/h4-6,8-9,16-17,19H,7,10-14H2,1-3H3. The molecule has 2 unspecified atom stereocenters. The fourth-order valence-electron chi connectivity index (χ4n) is 2.85. The maximum Gasteiger partial charge on any atom is 0.0618 e. The van der Waals surface area contributed by atoms with Crippen LogP contribution in [0, 0.1) is 5.92 Å². The van der Waals surface area contributed by atoms with Gasteiger partial charge < -0.3 is 10.1 Å². The van der Waals surface area contributed by atoms with Crippen LogP contribution >= 0.6 is 0 Å².